The molecule has 5 heteroatoms. The summed E-state index contributed by atoms with van der Waals surface area (Å²) in [6.07, 6.45) is 0.696. The molecular formula is C14H15NO2S2. The minimum Gasteiger partial charge on any atom is -0.381 e. The number of hydrogen-bond donors (Lipinski definition) is 1. The molecule has 1 N–H and O–H groups in total. The Hall–Kier alpha value is -1.33. The van der Waals surface area contributed by atoms with E-state index in [4.69, 9.17) is 0 Å². The molecule has 3 nitrogen and oxygen atoms in total. The van der Waals surface area contributed by atoms with Crippen LogP contribution < -0.4 is 5.32 Å². The van der Waals surface area contributed by atoms with Crippen molar-refractivity contribution in [3.05, 3.63) is 41.8 Å². The van der Waals surface area contributed by atoms with Crippen molar-refractivity contribution in [2.45, 2.75) is 12.5 Å². The van der Waals surface area contributed by atoms with E-state index in [0.717, 1.165) is 11.3 Å². The number of para-hydroxylation sites is 1. The van der Waals surface area contributed by atoms with E-state index in [1.165, 1.54) is 4.88 Å². The first-order chi connectivity index (χ1) is 9.14. The van der Waals surface area contributed by atoms with Gasteiger partial charge in [0.15, 0.2) is 9.84 Å². The molecule has 1 aromatic heterocycles. The molecule has 0 saturated carbocycles. The summed E-state index contributed by atoms with van der Waals surface area (Å²) in [5.74, 6) is 0.539. The first-order valence-corrected chi connectivity index (χ1v) is 8.94. The van der Waals surface area contributed by atoms with Gasteiger partial charge in [0.25, 0.3) is 0 Å². The Morgan fingerprint density at radius 2 is 2.00 bits per heavy atom. The highest BCUT2D eigenvalue weighted by Crippen LogP contribution is 2.32. The van der Waals surface area contributed by atoms with Crippen molar-refractivity contribution in [1.29, 1.82) is 0 Å². The Balaban J connectivity index is 1.86. The Morgan fingerprint density at radius 1 is 1.16 bits per heavy atom. The fourth-order valence-corrected chi connectivity index (χ4v) is 4.82. The normalized spacial score (nSPS) is 21.4. The first-order valence-electron chi connectivity index (χ1n) is 6.24. The number of rotatable bonds is 3. The standard InChI is InChI=1S/C14H15NO2S2/c16-19(17)9-7-11(10-19)15-13-5-2-1-4-12(13)14-6-3-8-18-14/h1-6,8,11,15H,7,9-10H2. The zero-order valence-corrected chi connectivity index (χ0v) is 12.0. The third kappa shape index (κ3) is 2.82. The number of nitrogens with one attached hydrogen (secondary N) is 1. The second-order valence-electron chi connectivity index (χ2n) is 4.77. The summed E-state index contributed by atoms with van der Waals surface area (Å²) < 4.78 is 23.0. The topological polar surface area (TPSA) is 46.2 Å². The average molecular weight is 293 g/mol. The molecule has 0 radical (unpaired) electrons. The van der Waals surface area contributed by atoms with Gasteiger partial charge in [-0.3, -0.25) is 0 Å². The number of anilines is 1. The van der Waals surface area contributed by atoms with Crippen LogP contribution in [0.15, 0.2) is 41.8 Å². The summed E-state index contributed by atoms with van der Waals surface area (Å²) in [5.41, 5.74) is 2.16. The maximum absolute atomic E-state index is 11.5. The summed E-state index contributed by atoms with van der Waals surface area (Å²) >= 11 is 1.69. The smallest absolute Gasteiger partial charge is 0.152 e. The lowest BCUT2D eigenvalue weighted by molar-refractivity contribution is 0.602. The van der Waals surface area contributed by atoms with E-state index in [2.05, 4.69) is 17.4 Å². The van der Waals surface area contributed by atoms with Crippen LogP contribution >= 0.6 is 11.3 Å². The number of thiophene rings is 1. The lowest BCUT2D eigenvalue weighted by Gasteiger charge is -2.15. The van der Waals surface area contributed by atoms with Crippen LogP contribution in [-0.4, -0.2) is 26.0 Å². The van der Waals surface area contributed by atoms with Crippen LogP contribution in [-0.2, 0) is 9.84 Å². The van der Waals surface area contributed by atoms with Crippen molar-refractivity contribution in [3.8, 4) is 10.4 Å². The second-order valence-corrected chi connectivity index (χ2v) is 7.94. The molecule has 2 heterocycles. The Bertz CT molecular complexity index is 663. The molecule has 0 aliphatic carbocycles. The van der Waals surface area contributed by atoms with Crippen LogP contribution in [0, 0.1) is 0 Å². The van der Waals surface area contributed by atoms with Gasteiger partial charge in [-0.15, -0.1) is 11.3 Å². The molecule has 1 aromatic carbocycles. The van der Waals surface area contributed by atoms with Gasteiger partial charge in [-0.25, -0.2) is 8.42 Å². The van der Waals surface area contributed by atoms with Crippen LogP contribution in [0.25, 0.3) is 10.4 Å². The van der Waals surface area contributed by atoms with E-state index in [0.29, 0.717) is 12.2 Å². The molecule has 1 fully saturated rings. The molecule has 19 heavy (non-hydrogen) atoms. The maximum atomic E-state index is 11.5. The van der Waals surface area contributed by atoms with Gasteiger partial charge in [-0.2, -0.15) is 0 Å². The van der Waals surface area contributed by atoms with Crippen LogP contribution in [0.3, 0.4) is 0 Å². The first kappa shape index (κ1) is 12.7. The molecule has 2 aromatic rings. The highest BCUT2D eigenvalue weighted by atomic mass is 32.2. The average Bonchev–Trinajstić information content (AvgIpc) is 3.00. The quantitative estimate of drug-likeness (QED) is 0.946. The molecule has 1 atom stereocenters. The van der Waals surface area contributed by atoms with Gasteiger partial charge in [0.2, 0.25) is 0 Å². The van der Waals surface area contributed by atoms with Gasteiger partial charge in [0.1, 0.15) is 0 Å². The monoisotopic (exact) mass is 293 g/mol. The highest BCUT2D eigenvalue weighted by Gasteiger charge is 2.28. The molecule has 0 spiro atoms. The molecule has 0 bridgehead atoms. The van der Waals surface area contributed by atoms with Crippen molar-refractivity contribution >= 4 is 26.9 Å². The Morgan fingerprint density at radius 3 is 2.68 bits per heavy atom. The van der Waals surface area contributed by atoms with Gasteiger partial charge in [-0.1, -0.05) is 24.3 Å². The van der Waals surface area contributed by atoms with Gasteiger partial charge in [0.05, 0.1) is 11.5 Å². The van der Waals surface area contributed by atoms with E-state index < -0.39 is 9.84 Å². The summed E-state index contributed by atoms with van der Waals surface area (Å²) in [4.78, 5) is 1.20. The zero-order valence-electron chi connectivity index (χ0n) is 10.4. The van der Waals surface area contributed by atoms with Gasteiger partial charge < -0.3 is 5.32 Å². The lowest BCUT2D eigenvalue weighted by Crippen LogP contribution is -2.20. The van der Waals surface area contributed by atoms with Gasteiger partial charge in [-0.05, 0) is 23.9 Å². The largest absolute Gasteiger partial charge is 0.381 e. The molecule has 1 saturated heterocycles. The number of benzene rings is 1. The summed E-state index contributed by atoms with van der Waals surface area (Å²) in [7, 11) is -2.84. The third-order valence-corrected chi connectivity index (χ3v) is 5.98. The van der Waals surface area contributed by atoms with Crippen LogP contribution in [0.5, 0.6) is 0 Å². The summed E-state index contributed by atoms with van der Waals surface area (Å²) in [6.45, 7) is 0. The minimum atomic E-state index is -2.84. The predicted octanol–water partition coefficient (Wildman–Crippen LogP) is 3.01. The van der Waals surface area contributed by atoms with Crippen molar-refractivity contribution in [2.24, 2.45) is 0 Å². The van der Waals surface area contributed by atoms with E-state index >= 15 is 0 Å². The van der Waals surface area contributed by atoms with Crippen molar-refractivity contribution in [2.75, 3.05) is 16.8 Å². The van der Waals surface area contributed by atoms with E-state index in [1.807, 2.05) is 29.6 Å². The third-order valence-electron chi connectivity index (χ3n) is 3.31. The molecule has 1 aliphatic rings. The SMILES string of the molecule is O=S1(=O)CCC(Nc2ccccc2-c2cccs2)C1. The lowest BCUT2D eigenvalue weighted by atomic mass is 10.1. The van der Waals surface area contributed by atoms with E-state index in [1.54, 1.807) is 11.3 Å². The van der Waals surface area contributed by atoms with Crippen LogP contribution in [0.2, 0.25) is 0 Å². The molecule has 1 aliphatic heterocycles. The van der Waals surface area contributed by atoms with E-state index in [9.17, 15) is 8.42 Å². The van der Waals surface area contributed by atoms with Crippen molar-refractivity contribution in [1.82, 2.24) is 0 Å². The van der Waals surface area contributed by atoms with Crippen molar-refractivity contribution < 1.29 is 8.42 Å². The fraction of sp³-hybridized carbons (Fsp3) is 0.286. The number of sulfone groups is 1. The maximum Gasteiger partial charge on any atom is 0.152 e. The van der Waals surface area contributed by atoms with Crippen molar-refractivity contribution in [3.63, 3.8) is 0 Å². The number of hydrogen-bond acceptors (Lipinski definition) is 4. The molecule has 1 unspecified atom stereocenters. The molecular weight excluding hydrogens is 278 g/mol. The van der Waals surface area contributed by atoms with Gasteiger partial charge >= 0.3 is 0 Å². The Labute approximate surface area is 117 Å². The van der Waals surface area contributed by atoms with Crippen LogP contribution in [0.1, 0.15) is 6.42 Å². The second kappa shape index (κ2) is 4.98. The summed E-state index contributed by atoms with van der Waals surface area (Å²) in [6, 6.07) is 12.2. The zero-order chi connectivity index (χ0) is 13.3. The van der Waals surface area contributed by atoms with Gasteiger partial charge in [0, 0.05) is 22.2 Å². The molecule has 100 valence electrons. The summed E-state index contributed by atoms with van der Waals surface area (Å²) in [5, 5.41) is 5.43. The van der Waals surface area contributed by atoms with Crippen LogP contribution in [0.4, 0.5) is 5.69 Å². The minimum absolute atomic E-state index is 0.0334. The molecule has 0 amide bonds. The molecule has 3 rings (SSSR count). The highest BCUT2D eigenvalue weighted by molar-refractivity contribution is 7.91. The van der Waals surface area contributed by atoms with E-state index in [-0.39, 0.29) is 11.8 Å². The fourth-order valence-electron chi connectivity index (χ4n) is 2.38. The Kier molecular flexibility index (Phi) is 3.33. The predicted molar refractivity (Wildman–Crippen MR) is 80.4 cm³/mol.